The quantitative estimate of drug-likeness (QED) is 0.615. The molecule has 0 aromatic carbocycles. The molecule has 0 N–H and O–H groups in total. The second kappa shape index (κ2) is 8.51. The predicted molar refractivity (Wildman–Crippen MR) is 72.4 cm³/mol. The number of halogens is 1. The Morgan fingerprint density at radius 2 is 1.53 bits per heavy atom. The lowest BCUT2D eigenvalue weighted by atomic mass is 10.1. The van der Waals surface area contributed by atoms with E-state index in [0.29, 0.717) is 5.28 Å². The molecule has 0 radical (unpaired) electrons. The number of hydrogen-bond donors (Lipinski definition) is 0. The van der Waals surface area contributed by atoms with Crippen molar-refractivity contribution in [3.05, 3.63) is 11.1 Å². The van der Waals surface area contributed by atoms with Crippen LogP contribution in [0.2, 0.25) is 5.28 Å². The van der Waals surface area contributed by atoms with Crippen LogP contribution in [0.15, 0.2) is 0 Å². The van der Waals surface area contributed by atoms with Crippen molar-refractivity contribution in [2.24, 2.45) is 0 Å². The van der Waals surface area contributed by atoms with Crippen LogP contribution in [0.4, 0.5) is 0 Å². The number of nitrogens with zero attached hydrogens (tertiary/aromatic N) is 3. The molecular formula is C13H24ClN3. The van der Waals surface area contributed by atoms with Crippen molar-refractivity contribution in [2.75, 3.05) is 0 Å². The molecule has 0 amide bonds. The largest absolute Gasteiger partial charge is 0.302 e. The Hall–Kier alpha value is -0.570. The first-order valence-corrected chi connectivity index (χ1v) is 7.18. The van der Waals surface area contributed by atoms with Crippen LogP contribution >= 0.6 is 11.6 Å². The molecule has 0 fully saturated rings. The van der Waals surface area contributed by atoms with Gasteiger partial charge in [0, 0.05) is 6.54 Å². The van der Waals surface area contributed by atoms with Crippen LogP contribution in [0.1, 0.15) is 64.1 Å². The van der Waals surface area contributed by atoms with Crippen molar-refractivity contribution in [3.63, 3.8) is 0 Å². The minimum Gasteiger partial charge on any atom is -0.302 e. The van der Waals surface area contributed by atoms with Gasteiger partial charge in [-0.3, -0.25) is 0 Å². The van der Waals surface area contributed by atoms with Crippen LogP contribution in [0.5, 0.6) is 0 Å². The van der Waals surface area contributed by atoms with E-state index in [2.05, 4.69) is 17.1 Å². The predicted octanol–water partition coefficient (Wildman–Crippen LogP) is 4.38. The Morgan fingerprint density at radius 3 is 2.06 bits per heavy atom. The van der Waals surface area contributed by atoms with Gasteiger partial charge in [0.2, 0.25) is 5.28 Å². The van der Waals surface area contributed by atoms with E-state index in [4.69, 9.17) is 11.6 Å². The first-order valence-electron chi connectivity index (χ1n) is 6.81. The van der Waals surface area contributed by atoms with E-state index in [1.165, 1.54) is 51.4 Å². The smallest absolute Gasteiger partial charge is 0.225 e. The van der Waals surface area contributed by atoms with Crippen molar-refractivity contribution in [2.45, 2.75) is 71.8 Å². The van der Waals surface area contributed by atoms with Gasteiger partial charge in [-0.25, -0.2) is 0 Å². The maximum absolute atomic E-state index is 5.93. The molecule has 1 heterocycles. The molecule has 0 saturated carbocycles. The summed E-state index contributed by atoms with van der Waals surface area (Å²) < 4.78 is 1.98. The zero-order chi connectivity index (χ0) is 12.5. The van der Waals surface area contributed by atoms with Crippen molar-refractivity contribution >= 4 is 11.6 Å². The molecule has 0 atom stereocenters. The minimum atomic E-state index is 0.519. The molecule has 98 valence electrons. The standard InChI is InChI=1S/C13H24ClN3/c1-3-4-5-6-7-8-9-10-11-17-12(2)15-16-13(17)14/h3-11H2,1-2H3. The van der Waals surface area contributed by atoms with Crippen LogP contribution in [-0.2, 0) is 6.54 Å². The van der Waals surface area contributed by atoms with Gasteiger partial charge in [-0.1, -0.05) is 51.9 Å². The van der Waals surface area contributed by atoms with Gasteiger partial charge in [0.25, 0.3) is 0 Å². The summed E-state index contributed by atoms with van der Waals surface area (Å²) in [4.78, 5) is 0. The molecule has 0 bridgehead atoms. The molecule has 0 saturated heterocycles. The van der Waals surface area contributed by atoms with E-state index in [-0.39, 0.29) is 0 Å². The lowest BCUT2D eigenvalue weighted by Crippen LogP contribution is -2.00. The molecule has 0 aliphatic rings. The third-order valence-electron chi connectivity index (χ3n) is 3.13. The summed E-state index contributed by atoms with van der Waals surface area (Å²) in [5.41, 5.74) is 0. The fourth-order valence-corrected chi connectivity index (χ4v) is 2.26. The monoisotopic (exact) mass is 257 g/mol. The topological polar surface area (TPSA) is 30.7 Å². The summed E-state index contributed by atoms with van der Waals surface area (Å²) in [5.74, 6) is 0.915. The van der Waals surface area contributed by atoms with Crippen LogP contribution in [0.25, 0.3) is 0 Å². The number of hydrogen-bond acceptors (Lipinski definition) is 2. The Balaban J connectivity index is 2.01. The van der Waals surface area contributed by atoms with Gasteiger partial charge in [0.15, 0.2) is 0 Å². The first kappa shape index (κ1) is 14.5. The van der Waals surface area contributed by atoms with Crippen molar-refractivity contribution in [3.8, 4) is 0 Å². The second-order valence-corrected chi connectivity index (χ2v) is 4.98. The maximum Gasteiger partial charge on any atom is 0.225 e. The summed E-state index contributed by atoms with van der Waals surface area (Å²) in [6, 6.07) is 0. The zero-order valence-corrected chi connectivity index (χ0v) is 11.8. The molecule has 0 unspecified atom stereocenters. The number of aryl methyl sites for hydroxylation is 1. The summed E-state index contributed by atoms with van der Waals surface area (Å²) in [6.45, 7) is 5.15. The molecular weight excluding hydrogens is 234 g/mol. The molecule has 0 aliphatic carbocycles. The average Bonchev–Trinajstić information content (AvgIpc) is 2.63. The third-order valence-corrected chi connectivity index (χ3v) is 3.41. The van der Waals surface area contributed by atoms with Gasteiger partial charge in [-0.2, -0.15) is 0 Å². The molecule has 0 aliphatic heterocycles. The minimum absolute atomic E-state index is 0.519. The highest BCUT2D eigenvalue weighted by Gasteiger charge is 2.04. The van der Waals surface area contributed by atoms with Crippen LogP contribution in [0, 0.1) is 6.92 Å². The number of aromatic nitrogens is 3. The normalized spacial score (nSPS) is 11.0. The van der Waals surface area contributed by atoms with Gasteiger partial charge in [0.1, 0.15) is 5.82 Å². The van der Waals surface area contributed by atoms with Gasteiger partial charge in [-0.15, -0.1) is 10.2 Å². The highest BCUT2D eigenvalue weighted by molar-refractivity contribution is 6.28. The molecule has 17 heavy (non-hydrogen) atoms. The van der Waals surface area contributed by atoms with E-state index in [0.717, 1.165) is 12.4 Å². The van der Waals surface area contributed by atoms with Gasteiger partial charge in [-0.05, 0) is 24.9 Å². The van der Waals surface area contributed by atoms with Crippen molar-refractivity contribution in [1.82, 2.24) is 14.8 Å². The molecule has 1 aromatic heterocycles. The van der Waals surface area contributed by atoms with Crippen LogP contribution in [-0.4, -0.2) is 14.8 Å². The number of rotatable bonds is 9. The average molecular weight is 258 g/mol. The van der Waals surface area contributed by atoms with E-state index in [9.17, 15) is 0 Å². The molecule has 1 rings (SSSR count). The van der Waals surface area contributed by atoms with Crippen molar-refractivity contribution in [1.29, 1.82) is 0 Å². The van der Waals surface area contributed by atoms with Gasteiger partial charge in [0.05, 0.1) is 0 Å². The summed E-state index contributed by atoms with van der Waals surface area (Å²) >= 11 is 5.93. The van der Waals surface area contributed by atoms with E-state index >= 15 is 0 Å². The highest BCUT2D eigenvalue weighted by atomic mass is 35.5. The first-order chi connectivity index (χ1) is 8.25. The van der Waals surface area contributed by atoms with Crippen LogP contribution in [0.3, 0.4) is 0 Å². The molecule has 4 heteroatoms. The summed E-state index contributed by atoms with van der Waals surface area (Å²) in [7, 11) is 0. The third kappa shape index (κ3) is 5.53. The van der Waals surface area contributed by atoms with Gasteiger partial charge < -0.3 is 4.57 Å². The maximum atomic E-state index is 5.93. The summed E-state index contributed by atoms with van der Waals surface area (Å²) in [6.07, 6.45) is 10.7. The highest BCUT2D eigenvalue weighted by Crippen LogP contribution is 2.12. The lowest BCUT2D eigenvalue weighted by molar-refractivity contribution is 0.539. The zero-order valence-electron chi connectivity index (χ0n) is 11.1. The lowest BCUT2D eigenvalue weighted by Gasteiger charge is -2.05. The Labute approximate surface area is 110 Å². The second-order valence-electron chi connectivity index (χ2n) is 4.64. The van der Waals surface area contributed by atoms with E-state index < -0.39 is 0 Å². The molecule has 1 aromatic rings. The Kier molecular flexibility index (Phi) is 7.25. The van der Waals surface area contributed by atoms with Gasteiger partial charge >= 0.3 is 0 Å². The fourth-order valence-electron chi connectivity index (χ4n) is 2.01. The Morgan fingerprint density at radius 1 is 0.941 bits per heavy atom. The fraction of sp³-hybridized carbons (Fsp3) is 0.846. The number of unbranched alkanes of at least 4 members (excludes halogenated alkanes) is 7. The van der Waals surface area contributed by atoms with Crippen LogP contribution < -0.4 is 0 Å². The summed E-state index contributed by atoms with van der Waals surface area (Å²) in [5, 5.41) is 8.31. The molecule has 3 nitrogen and oxygen atoms in total. The SMILES string of the molecule is CCCCCCCCCCn1c(C)nnc1Cl. The van der Waals surface area contributed by atoms with Crippen molar-refractivity contribution < 1.29 is 0 Å². The Bertz CT molecular complexity index is 290. The molecule has 0 spiro atoms. The van der Waals surface area contributed by atoms with E-state index in [1.54, 1.807) is 0 Å². The van der Waals surface area contributed by atoms with E-state index in [1.807, 2.05) is 11.5 Å².